The van der Waals surface area contributed by atoms with E-state index in [2.05, 4.69) is 5.32 Å². The number of likely N-dealkylation sites (tertiary alicyclic amines) is 1. The van der Waals surface area contributed by atoms with Crippen LogP contribution < -0.4 is 10.6 Å². The van der Waals surface area contributed by atoms with Crippen LogP contribution in [-0.2, 0) is 10.2 Å². The Balaban J connectivity index is 1.08. The Kier molecular flexibility index (Phi) is 9.38. The average Bonchev–Trinajstić information content (AvgIpc) is 3.38. The van der Waals surface area contributed by atoms with Gasteiger partial charge in [0.25, 0.3) is 11.8 Å². The summed E-state index contributed by atoms with van der Waals surface area (Å²) in [6.07, 6.45) is -4.74. The molecular weight excluding hydrogens is 625 g/mol. The number of hydrogen-bond acceptors (Lipinski definition) is 3. The van der Waals surface area contributed by atoms with Crippen LogP contribution in [0, 0.1) is 0 Å². The van der Waals surface area contributed by atoms with Gasteiger partial charge in [0.05, 0.1) is 6.54 Å². The third-order valence-corrected chi connectivity index (χ3v) is 9.40. The molecule has 6 rings (SSSR count). The average molecular weight is 662 g/mol. The van der Waals surface area contributed by atoms with Crippen LogP contribution in [0.4, 0.5) is 22.0 Å². The lowest BCUT2D eigenvalue weighted by Crippen LogP contribution is -2.49. The second-order valence-corrected chi connectivity index (χ2v) is 12.6. The summed E-state index contributed by atoms with van der Waals surface area (Å²) in [6.45, 7) is -1.43. The summed E-state index contributed by atoms with van der Waals surface area (Å²) in [5.41, 5.74) is 3.01. The predicted octanol–water partition coefficient (Wildman–Crippen LogP) is 7.61. The van der Waals surface area contributed by atoms with Crippen molar-refractivity contribution in [1.82, 2.24) is 15.5 Å². The molecule has 1 fully saturated rings. The van der Waals surface area contributed by atoms with Gasteiger partial charge in [0.2, 0.25) is 5.91 Å². The monoisotopic (exact) mass is 661 g/mol. The van der Waals surface area contributed by atoms with Crippen molar-refractivity contribution in [2.75, 3.05) is 26.2 Å². The third kappa shape index (κ3) is 7.13. The Morgan fingerprint density at radius 3 is 1.85 bits per heavy atom. The van der Waals surface area contributed by atoms with Crippen LogP contribution in [0.25, 0.3) is 22.3 Å². The van der Waals surface area contributed by atoms with E-state index in [0.29, 0.717) is 53.7 Å². The number of fused-ring (bicyclic) bond motifs is 3. The van der Waals surface area contributed by atoms with Gasteiger partial charge in [-0.25, -0.2) is 8.78 Å². The molecule has 0 radical (unpaired) electrons. The van der Waals surface area contributed by atoms with E-state index in [1.165, 1.54) is 0 Å². The fourth-order valence-electron chi connectivity index (χ4n) is 7.01. The number of amides is 2. The van der Waals surface area contributed by atoms with Gasteiger partial charge in [-0.1, -0.05) is 91.0 Å². The predicted molar refractivity (Wildman–Crippen MR) is 175 cm³/mol. The van der Waals surface area contributed by atoms with E-state index >= 15 is 8.78 Å². The zero-order valence-corrected chi connectivity index (χ0v) is 26.2. The summed E-state index contributed by atoms with van der Waals surface area (Å²) in [5.74, 6) is -4.38. The molecule has 0 spiro atoms. The van der Waals surface area contributed by atoms with Gasteiger partial charge < -0.3 is 10.6 Å². The molecule has 1 saturated heterocycles. The first-order valence-corrected chi connectivity index (χ1v) is 16.1. The first-order valence-electron chi connectivity index (χ1n) is 16.1. The maximum atomic E-state index is 15.7. The molecule has 4 aromatic rings. The van der Waals surface area contributed by atoms with E-state index in [0.717, 1.165) is 11.1 Å². The molecule has 4 aromatic carbocycles. The number of carbonyl (C=O) groups excluding carboxylic acids is 2. The van der Waals surface area contributed by atoms with Crippen molar-refractivity contribution in [1.29, 1.82) is 0 Å². The van der Waals surface area contributed by atoms with Gasteiger partial charge in [-0.05, 0) is 64.8 Å². The maximum absolute atomic E-state index is 15.7. The number of nitrogens with one attached hydrogen (secondary N) is 2. The smallest absolute Gasteiger partial charge is 0.349 e. The van der Waals surface area contributed by atoms with Crippen molar-refractivity contribution in [3.63, 3.8) is 0 Å². The molecular formula is C38H36F5N3O2. The number of piperidine rings is 1. The summed E-state index contributed by atoms with van der Waals surface area (Å²) in [6, 6.07) is 30.6. The van der Waals surface area contributed by atoms with Crippen molar-refractivity contribution in [2.24, 2.45) is 0 Å². The van der Waals surface area contributed by atoms with Crippen molar-refractivity contribution < 1.29 is 31.5 Å². The number of halogens is 5. The fourth-order valence-corrected chi connectivity index (χ4v) is 7.01. The van der Waals surface area contributed by atoms with E-state index in [-0.39, 0.29) is 18.4 Å². The summed E-state index contributed by atoms with van der Waals surface area (Å²) < 4.78 is 70.8. The fraction of sp³-hybridized carbons (Fsp3) is 0.316. The number of rotatable bonds is 10. The Labute approximate surface area is 276 Å². The van der Waals surface area contributed by atoms with Gasteiger partial charge >= 0.3 is 6.18 Å². The van der Waals surface area contributed by atoms with Gasteiger partial charge in [-0.3, -0.25) is 14.5 Å². The van der Waals surface area contributed by atoms with Gasteiger partial charge in [0, 0.05) is 31.1 Å². The molecule has 0 bridgehead atoms. The SMILES string of the molecule is O=C(NC1CCN(CC(F)(F)CCC2(C(=O)NCC(F)(F)F)c3ccccc3-c3ccccc32)CC1)c1ccc(-c2ccccc2)cc1. The quantitative estimate of drug-likeness (QED) is 0.172. The van der Waals surface area contributed by atoms with Gasteiger partial charge in [-0.2, -0.15) is 13.2 Å². The van der Waals surface area contributed by atoms with Crippen LogP contribution in [0.5, 0.6) is 0 Å². The molecule has 2 aliphatic rings. The zero-order valence-electron chi connectivity index (χ0n) is 26.2. The zero-order chi connectivity index (χ0) is 33.9. The molecule has 2 amide bonds. The molecule has 48 heavy (non-hydrogen) atoms. The molecule has 2 N–H and O–H groups in total. The van der Waals surface area contributed by atoms with Crippen molar-refractivity contribution in [3.05, 3.63) is 120 Å². The van der Waals surface area contributed by atoms with Crippen molar-refractivity contribution in [3.8, 4) is 22.3 Å². The third-order valence-electron chi connectivity index (χ3n) is 9.40. The minimum atomic E-state index is -4.66. The van der Waals surface area contributed by atoms with Crippen LogP contribution in [-0.4, -0.2) is 61.0 Å². The normalized spacial score (nSPS) is 16.2. The summed E-state index contributed by atoms with van der Waals surface area (Å²) in [5, 5.41) is 5.01. The highest BCUT2D eigenvalue weighted by Crippen LogP contribution is 2.52. The second-order valence-electron chi connectivity index (χ2n) is 12.6. The van der Waals surface area contributed by atoms with Crippen molar-refractivity contribution >= 4 is 11.8 Å². The van der Waals surface area contributed by atoms with Crippen molar-refractivity contribution in [2.45, 2.75) is 49.2 Å². The second kappa shape index (κ2) is 13.5. The highest BCUT2D eigenvalue weighted by Gasteiger charge is 2.51. The summed E-state index contributed by atoms with van der Waals surface area (Å²) in [7, 11) is 0. The van der Waals surface area contributed by atoms with Crippen LogP contribution in [0.15, 0.2) is 103 Å². The molecule has 0 saturated carbocycles. The highest BCUT2D eigenvalue weighted by atomic mass is 19.4. The molecule has 1 heterocycles. The number of alkyl halides is 5. The van der Waals surface area contributed by atoms with E-state index in [9.17, 15) is 22.8 Å². The van der Waals surface area contributed by atoms with E-state index < -0.39 is 42.9 Å². The lowest BCUT2D eigenvalue weighted by Gasteiger charge is -2.36. The summed E-state index contributed by atoms with van der Waals surface area (Å²) in [4.78, 5) is 28.2. The molecule has 10 heteroatoms. The first-order chi connectivity index (χ1) is 23.0. The Morgan fingerprint density at radius 2 is 1.27 bits per heavy atom. The van der Waals surface area contributed by atoms with Crippen LogP contribution in [0.3, 0.4) is 0 Å². The Bertz CT molecular complexity index is 1700. The lowest BCUT2D eigenvalue weighted by atomic mass is 9.73. The number of hydrogen-bond donors (Lipinski definition) is 2. The number of carbonyl (C=O) groups is 2. The first kappa shape index (κ1) is 33.3. The molecule has 1 aliphatic carbocycles. The van der Waals surface area contributed by atoms with Crippen LogP contribution >= 0.6 is 0 Å². The minimum Gasteiger partial charge on any atom is -0.349 e. The molecule has 1 aliphatic heterocycles. The lowest BCUT2D eigenvalue weighted by molar-refractivity contribution is -0.141. The summed E-state index contributed by atoms with van der Waals surface area (Å²) >= 11 is 0. The Morgan fingerprint density at radius 1 is 0.729 bits per heavy atom. The van der Waals surface area contributed by atoms with Gasteiger partial charge in [-0.15, -0.1) is 0 Å². The molecule has 0 unspecified atom stereocenters. The topological polar surface area (TPSA) is 61.4 Å². The maximum Gasteiger partial charge on any atom is 0.405 e. The number of nitrogens with zero attached hydrogens (tertiary/aromatic N) is 1. The number of benzene rings is 4. The minimum absolute atomic E-state index is 0.164. The largest absolute Gasteiger partial charge is 0.405 e. The molecule has 250 valence electrons. The Hall–Kier alpha value is -4.57. The van der Waals surface area contributed by atoms with E-state index in [4.69, 9.17) is 0 Å². The van der Waals surface area contributed by atoms with E-state index in [1.807, 2.05) is 47.8 Å². The standard InChI is InChI=1S/C38H36F5N3O2/c39-36(40,25-46-22-18-29(19-23-46)45-34(47)28-16-14-27(15-17-28)26-8-2-1-3-9-26)20-21-37(35(48)44-24-38(41,42)43)32-12-6-4-10-30(32)31-11-5-7-13-33(31)37/h1-17,29H,18-25H2,(H,44,48)(H,45,47). The van der Waals surface area contributed by atoms with E-state index in [1.54, 1.807) is 65.6 Å². The van der Waals surface area contributed by atoms with Crippen LogP contribution in [0.1, 0.15) is 47.2 Å². The highest BCUT2D eigenvalue weighted by molar-refractivity contribution is 6.00. The van der Waals surface area contributed by atoms with Gasteiger partial charge in [0.15, 0.2) is 0 Å². The molecule has 5 nitrogen and oxygen atoms in total. The van der Waals surface area contributed by atoms with Crippen LogP contribution in [0.2, 0.25) is 0 Å². The van der Waals surface area contributed by atoms with Gasteiger partial charge in [0.1, 0.15) is 12.0 Å². The molecule has 0 atom stereocenters. The molecule has 0 aromatic heterocycles.